The number of aryl methyl sites for hydroxylation is 1. The number of carbonyl (C=O) groups is 3. The van der Waals surface area contributed by atoms with Gasteiger partial charge < -0.3 is 39.2 Å². The lowest BCUT2D eigenvalue weighted by Gasteiger charge is -2.62. The smallest absolute Gasteiger partial charge is 0.329 e. The molecular formula is C35H43N3O10S. The van der Waals surface area contributed by atoms with Crippen molar-refractivity contribution in [2.24, 2.45) is 5.92 Å². The molecule has 264 valence electrons. The van der Waals surface area contributed by atoms with E-state index in [9.17, 15) is 24.6 Å². The van der Waals surface area contributed by atoms with E-state index < -0.39 is 47.6 Å². The number of ether oxygens (including phenoxy) is 5. The number of aromatic hydroxyl groups is 1. The van der Waals surface area contributed by atoms with Crippen LogP contribution in [0.1, 0.15) is 77.9 Å². The van der Waals surface area contributed by atoms with Gasteiger partial charge >= 0.3 is 11.9 Å². The van der Waals surface area contributed by atoms with Crippen molar-refractivity contribution in [2.75, 3.05) is 33.3 Å². The maximum atomic E-state index is 13.6. The van der Waals surface area contributed by atoms with Gasteiger partial charge in [0.25, 0.3) is 0 Å². The molecule has 2 fully saturated rings. The molecule has 49 heavy (non-hydrogen) atoms. The standard InChI is InChI=1S/C35H43N3O10S/c1-14(2)8-22(40)36-19-12-49-33-25-24(32-31(46-13-47-32)16(4)30(25)48-17(5)39)21(11-45-35(19)43)38-27(33)26-23-18(10-20(34(38)42)37(26)6)9-15(3)29(44-7)28(23)41/h9,14,19-21,26-27,33-34,41-42H,8,10-13H2,1-7H3,(H,36,40)/t19?,20-,21-,26+,27?,33+,34-/m0/s1. The van der Waals surface area contributed by atoms with Crippen molar-refractivity contribution in [1.82, 2.24) is 15.1 Å². The molecule has 4 bridgehead atoms. The Morgan fingerprint density at radius 1 is 1.12 bits per heavy atom. The number of aliphatic hydroxyl groups is 1. The summed E-state index contributed by atoms with van der Waals surface area (Å²) in [5, 5.41) is 26.5. The predicted molar refractivity (Wildman–Crippen MR) is 178 cm³/mol. The number of phenolic OH excluding ortho intramolecular Hbond substituents is 1. The Morgan fingerprint density at radius 2 is 1.86 bits per heavy atom. The summed E-state index contributed by atoms with van der Waals surface area (Å²) in [6.45, 7) is 8.64. The molecule has 5 aliphatic rings. The first-order valence-electron chi connectivity index (χ1n) is 16.6. The van der Waals surface area contributed by atoms with Crippen LogP contribution in [0.3, 0.4) is 0 Å². The fourth-order valence-corrected chi connectivity index (χ4v) is 10.0. The summed E-state index contributed by atoms with van der Waals surface area (Å²) >= 11 is 1.40. The van der Waals surface area contributed by atoms with Gasteiger partial charge in [-0.3, -0.25) is 19.4 Å². The third-order valence-electron chi connectivity index (χ3n) is 10.4. The van der Waals surface area contributed by atoms with E-state index in [1.807, 2.05) is 45.7 Å². The molecule has 14 heteroatoms. The van der Waals surface area contributed by atoms with Crippen LogP contribution in [0.2, 0.25) is 0 Å². The molecule has 2 aromatic carbocycles. The van der Waals surface area contributed by atoms with Crippen LogP contribution in [-0.2, 0) is 25.5 Å². The highest BCUT2D eigenvalue weighted by atomic mass is 32.2. The maximum Gasteiger partial charge on any atom is 0.329 e. The molecule has 2 aromatic rings. The maximum absolute atomic E-state index is 13.6. The van der Waals surface area contributed by atoms with Crippen LogP contribution < -0.4 is 24.3 Å². The quantitative estimate of drug-likeness (QED) is 0.310. The van der Waals surface area contributed by atoms with E-state index in [1.165, 1.54) is 25.8 Å². The minimum absolute atomic E-state index is 0.0367. The van der Waals surface area contributed by atoms with Crippen molar-refractivity contribution in [3.05, 3.63) is 39.4 Å². The van der Waals surface area contributed by atoms with Gasteiger partial charge in [-0.05, 0) is 44.4 Å². The Kier molecular flexibility index (Phi) is 8.65. The summed E-state index contributed by atoms with van der Waals surface area (Å²) in [4.78, 5) is 43.3. The van der Waals surface area contributed by atoms with Gasteiger partial charge in [-0.2, -0.15) is 0 Å². The van der Waals surface area contributed by atoms with Gasteiger partial charge in [0.2, 0.25) is 12.7 Å². The first-order valence-corrected chi connectivity index (χ1v) is 17.7. The summed E-state index contributed by atoms with van der Waals surface area (Å²) in [5.74, 6) is 0.468. The number of aliphatic hydroxyl groups excluding tert-OH is 1. The average Bonchev–Trinajstić information content (AvgIpc) is 3.52. The van der Waals surface area contributed by atoms with Crippen molar-refractivity contribution in [2.45, 2.75) is 89.1 Å². The molecule has 5 heterocycles. The number of fused-ring (bicyclic) bond motifs is 9. The van der Waals surface area contributed by atoms with E-state index in [-0.39, 0.29) is 49.2 Å². The number of rotatable bonds is 5. The molecule has 7 rings (SSSR count). The minimum Gasteiger partial charge on any atom is -0.504 e. The number of thioether (sulfide) groups is 1. The fourth-order valence-electron chi connectivity index (χ4n) is 8.50. The SMILES string of the molecule is COc1c(C)cc2c(c1O)[C@@H]1C3[C@@H]4SCC(NC(=O)CC(C)C)C(=O)OC[C@@H](c5c6c(c(C)c(OC(C)=O)c54)OCO6)N3[C@@H](O)[C@H](C2)N1C. The second kappa shape index (κ2) is 12.6. The molecule has 0 radical (unpaired) electrons. The number of carbonyl (C=O) groups excluding carboxylic acids is 3. The number of hydrogen-bond acceptors (Lipinski definition) is 13. The van der Waals surface area contributed by atoms with Crippen molar-refractivity contribution in [3.8, 4) is 28.7 Å². The predicted octanol–water partition coefficient (Wildman–Crippen LogP) is 3.19. The largest absolute Gasteiger partial charge is 0.504 e. The van der Waals surface area contributed by atoms with Gasteiger partial charge in [-0.15, -0.1) is 11.8 Å². The van der Waals surface area contributed by atoms with Gasteiger partial charge in [-0.1, -0.05) is 19.9 Å². The molecule has 7 atom stereocenters. The van der Waals surface area contributed by atoms with Crippen LogP contribution in [0.25, 0.3) is 0 Å². The Morgan fingerprint density at radius 3 is 2.55 bits per heavy atom. The van der Waals surface area contributed by atoms with E-state index in [4.69, 9.17) is 23.7 Å². The zero-order chi connectivity index (χ0) is 35.0. The van der Waals surface area contributed by atoms with Crippen LogP contribution in [0.15, 0.2) is 6.07 Å². The summed E-state index contributed by atoms with van der Waals surface area (Å²) in [5.41, 5.74) is 4.26. The van der Waals surface area contributed by atoms with Crippen LogP contribution in [-0.4, -0.2) is 95.5 Å². The number of amides is 1. The zero-order valence-electron chi connectivity index (χ0n) is 28.7. The lowest BCUT2D eigenvalue weighted by atomic mass is 9.73. The van der Waals surface area contributed by atoms with Crippen LogP contribution in [0.4, 0.5) is 0 Å². The number of nitrogens with zero attached hydrogens (tertiary/aromatic N) is 2. The molecule has 0 aliphatic carbocycles. The summed E-state index contributed by atoms with van der Waals surface area (Å²) in [6, 6.07) is -1.10. The van der Waals surface area contributed by atoms with Crippen molar-refractivity contribution < 1.29 is 48.3 Å². The van der Waals surface area contributed by atoms with Gasteiger partial charge in [0.05, 0.1) is 30.5 Å². The van der Waals surface area contributed by atoms with Gasteiger partial charge in [0.1, 0.15) is 24.6 Å². The van der Waals surface area contributed by atoms with Gasteiger partial charge in [-0.25, -0.2) is 4.79 Å². The first kappa shape index (κ1) is 33.8. The number of phenols is 1. The number of likely N-dealkylation sites (N-methyl/N-ethyl adjacent to an activating group) is 1. The number of benzene rings is 2. The number of hydrogen-bond donors (Lipinski definition) is 3. The Labute approximate surface area is 289 Å². The average molecular weight is 698 g/mol. The van der Waals surface area contributed by atoms with E-state index >= 15 is 0 Å². The lowest BCUT2D eigenvalue weighted by Crippen LogP contribution is -2.69. The highest BCUT2D eigenvalue weighted by Crippen LogP contribution is 2.63. The summed E-state index contributed by atoms with van der Waals surface area (Å²) < 4.78 is 29.7. The number of nitrogens with one attached hydrogen (secondary N) is 1. The highest BCUT2D eigenvalue weighted by molar-refractivity contribution is 7.99. The van der Waals surface area contributed by atoms with Crippen LogP contribution in [0.5, 0.6) is 28.7 Å². The lowest BCUT2D eigenvalue weighted by molar-refractivity contribution is -0.184. The molecule has 0 aromatic heterocycles. The first-order chi connectivity index (χ1) is 23.3. The van der Waals surface area contributed by atoms with Crippen molar-refractivity contribution in [3.63, 3.8) is 0 Å². The highest BCUT2D eigenvalue weighted by Gasteiger charge is 2.60. The van der Waals surface area contributed by atoms with Gasteiger partial charge in [0.15, 0.2) is 23.0 Å². The van der Waals surface area contributed by atoms with E-state index in [0.717, 1.165) is 11.1 Å². The molecular weight excluding hydrogens is 654 g/mol. The Balaban J connectivity index is 1.47. The molecule has 13 nitrogen and oxygen atoms in total. The number of esters is 2. The number of methoxy groups -OCH3 is 1. The van der Waals surface area contributed by atoms with Gasteiger partial charge in [0, 0.05) is 47.4 Å². The van der Waals surface area contributed by atoms with E-state index in [2.05, 4.69) is 10.2 Å². The monoisotopic (exact) mass is 697 g/mol. The third-order valence-corrected chi connectivity index (χ3v) is 11.8. The Bertz CT molecular complexity index is 1730. The molecule has 3 N–H and O–H groups in total. The van der Waals surface area contributed by atoms with Crippen molar-refractivity contribution in [1.29, 1.82) is 0 Å². The minimum atomic E-state index is -1.03. The molecule has 0 saturated carbocycles. The number of cyclic esters (lactones) is 1. The van der Waals surface area contributed by atoms with Crippen molar-refractivity contribution >= 4 is 29.6 Å². The van der Waals surface area contributed by atoms with E-state index in [1.54, 1.807) is 0 Å². The fraction of sp³-hybridized carbons (Fsp3) is 0.571. The molecule has 2 saturated heterocycles. The summed E-state index contributed by atoms with van der Waals surface area (Å²) in [7, 11) is 3.46. The summed E-state index contributed by atoms with van der Waals surface area (Å²) in [6.07, 6.45) is -0.325. The van der Waals surface area contributed by atoms with E-state index in [0.29, 0.717) is 51.7 Å². The molecule has 2 unspecified atom stereocenters. The van der Waals surface area contributed by atoms with Crippen LogP contribution in [0, 0.1) is 19.8 Å². The number of piperazine rings is 1. The second-order valence-electron chi connectivity index (χ2n) is 13.9. The normalized spacial score (nSPS) is 28.7. The Hall–Kier alpha value is -3.72. The molecule has 0 spiro atoms. The van der Waals surface area contributed by atoms with Crippen LogP contribution >= 0.6 is 11.8 Å². The third kappa shape index (κ3) is 5.29. The zero-order valence-corrected chi connectivity index (χ0v) is 29.5. The molecule has 5 aliphatic heterocycles. The topological polar surface area (TPSA) is 156 Å². The second-order valence-corrected chi connectivity index (χ2v) is 15.1. The molecule has 1 amide bonds.